The molecule has 0 bridgehead atoms. The van der Waals surface area contributed by atoms with E-state index in [0.29, 0.717) is 12.0 Å². The van der Waals surface area contributed by atoms with Gasteiger partial charge in [0.15, 0.2) is 0 Å². The Kier molecular flexibility index (Phi) is 6.93. The summed E-state index contributed by atoms with van der Waals surface area (Å²) in [6.45, 7) is 5.46. The van der Waals surface area contributed by atoms with Crippen LogP contribution in [-0.4, -0.2) is 35.3 Å². The molecule has 0 saturated carbocycles. The zero-order valence-electron chi connectivity index (χ0n) is 16.2. The maximum atomic E-state index is 13.2. The lowest BCUT2D eigenvalue weighted by Gasteiger charge is -2.25. The summed E-state index contributed by atoms with van der Waals surface area (Å²) in [4.78, 5) is 38.5. The first-order valence-corrected chi connectivity index (χ1v) is 9.53. The third kappa shape index (κ3) is 4.64. The van der Waals surface area contributed by atoms with Gasteiger partial charge in [-0.3, -0.25) is 14.5 Å². The van der Waals surface area contributed by atoms with Crippen LogP contribution in [-0.2, 0) is 15.1 Å². The molecule has 2 rings (SSSR count). The predicted molar refractivity (Wildman–Crippen MR) is 100 cm³/mol. The predicted octanol–water partition coefficient (Wildman–Crippen LogP) is 3.07. The molecular weight excluding hydrogens is 349 g/mol. The molecule has 1 aromatic rings. The van der Waals surface area contributed by atoms with Gasteiger partial charge in [-0.25, -0.2) is 9.18 Å². The molecule has 2 N–H and O–H groups in total. The number of amides is 4. The van der Waals surface area contributed by atoms with E-state index in [0.717, 1.165) is 30.6 Å². The van der Waals surface area contributed by atoms with Gasteiger partial charge in [0.05, 0.1) is 0 Å². The first-order chi connectivity index (χ1) is 12.8. The monoisotopic (exact) mass is 377 g/mol. The van der Waals surface area contributed by atoms with Gasteiger partial charge < -0.3 is 10.6 Å². The van der Waals surface area contributed by atoms with Crippen LogP contribution in [0.15, 0.2) is 24.3 Å². The molecule has 0 aliphatic carbocycles. The summed E-state index contributed by atoms with van der Waals surface area (Å²) in [5.41, 5.74) is -0.766. The van der Waals surface area contributed by atoms with Crippen LogP contribution in [0.3, 0.4) is 0 Å². The minimum Gasteiger partial charge on any atom is -0.352 e. The van der Waals surface area contributed by atoms with Crippen molar-refractivity contribution in [2.75, 3.05) is 6.54 Å². The summed E-state index contributed by atoms with van der Waals surface area (Å²) >= 11 is 0. The van der Waals surface area contributed by atoms with Crippen LogP contribution in [0.4, 0.5) is 9.18 Å². The Morgan fingerprint density at radius 1 is 1.22 bits per heavy atom. The average Bonchev–Trinajstić information content (AvgIpc) is 2.87. The van der Waals surface area contributed by atoms with Gasteiger partial charge >= 0.3 is 6.03 Å². The second-order valence-electron chi connectivity index (χ2n) is 7.05. The second kappa shape index (κ2) is 8.97. The number of carbonyl (C=O) groups excluding carboxylic acids is 3. The molecule has 0 aromatic heterocycles. The number of halogens is 1. The molecule has 2 atom stereocenters. The Bertz CT molecular complexity index is 692. The number of unbranched alkanes of at least 4 members (excludes halogenated alkanes) is 2. The number of benzene rings is 1. The van der Waals surface area contributed by atoms with Crippen LogP contribution < -0.4 is 10.6 Å². The molecule has 4 amide bonds. The fourth-order valence-electron chi connectivity index (χ4n) is 3.38. The van der Waals surface area contributed by atoms with Gasteiger partial charge in [0.2, 0.25) is 5.91 Å². The minimum atomic E-state index is -1.27. The summed E-state index contributed by atoms with van der Waals surface area (Å²) in [5, 5.41) is 5.53. The third-order valence-corrected chi connectivity index (χ3v) is 4.99. The molecule has 27 heavy (non-hydrogen) atoms. The smallest absolute Gasteiger partial charge is 0.325 e. The van der Waals surface area contributed by atoms with Gasteiger partial charge in [-0.1, -0.05) is 45.2 Å². The molecule has 1 aliphatic heterocycles. The van der Waals surface area contributed by atoms with Gasteiger partial charge in [0.1, 0.15) is 17.9 Å². The maximum Gasteiger partial charge on any atom is 0.325 e. The van der Waals surface area contributed by atoms with Crippen LogP contribution in [0.1, 0.15) is 58.4 Å². The minimum absolute atomic E-state index is 0.0159. The van der Waals surface area contributed by atoms with E-state index < -0.39 is 23.3 Å². The van der Waals surface area contributed by atoms with E-state index >= 15 is 0 Å². The summed E-state index contributed by atoms with van der Waals surface area (Å²) < 4.78 is 13.2. The number of urea groups is 1. The number of hydrogen-bond donors (Lipinski definition) is 2. The zero-order chi connectivity index (χ0) is 20.0. The van der Waals surface area contributed by atoms with Crippen LogP contribution >= 0.6 is 0 Å². The van der Waals surface area contributed by atoms with Crippen molar-refractivity contribution in [3.8, 4) is 0 Å². The number of nitrogens with zero attached hydrogens (tertiary/aromatic N) is 1. The highest BCUT2D eigenvalue weighted by Gasteiger charge is 2.51. The van der Waals surface area contributed by atoms with Crippen molar-refractivity contribution in [1.29, 1.82) is 0 Å². The van der Waals surface area contributed by atoms with Gasteiger partial charge in [-0.2, -0.15) is 0 Å². The fourth-order valence-corrected chi connectivity index (χ4v) is 3.38. The van der Waals surface area contributed by atoms with Gasteiger partial charge in [-0.15, -0.1) is 0 Å². The number of carbonyl (C=O) groups is 3. The number of nitrogens with one attached hydrogen (secondary N) is 2. The second-order valence-corrected chi connectivity index (χ2v) is 7.05. The first kappa shape index (κ1) is 20.9. The van der Waals surface area contributed by atoms with Crippen LogP contribution in [0.5, 0.6) is 0 Å². The molecular formula is C20H28FN3O3. The zero-order valence-corrected chi connectivity index (χ0v) is 16.2. The van der Waals surface area contributed by atoms with Crippen molar-refractivity contribution < 1.29 is 18.8 Å². The largest absolute Gasteiger partial charge is 0.352 e. The van der Waals surface area contributed by atoms with Crippen molar-refractivity contribution in [3.05, 3.63) is 35.6 Å². The first-order valence-electron chi connectivity index (χ1n) is 9.53. The summed E-state index contributed by atoms with van der Waals surface area (Å²) in [6, 6.07) is 4.84. The van der Waals surface area contributed by atoms with E-state index in [9.17, 15) is 18.8 Å². The third-order valence-electron chi connectivity index (χ3n) is 4.99. The van der Waals surface area contributed by atoms with Crippen molar-refractivity contribution in [2.24, 2.45) is 0 Å². The molecule has 148 valence electrons. The Labute approximate surface area is 159 Å². The summed E-state index contributed by atoms with van der Waals surface area (Å²) in [5.74, 6) is -1.28. The molecule has 7 heteroatoms. The highest BCUT2D eigenvalue weighted by atomic mass is 19.1. The van der Waals surface area contributed by atoms with Crippen LogP contribution in [0, 0.1) is 5.82 Å². The quantitative estimate of drug-likeness (QED) is 0.513. The highest BCUT2D eigenvalue weighted by molar-refractivity contribution is 6.09. The number of hydrogen-bond acceptors (Lipinski definition) is 3. The molecule has 1 fully saturated rings. The molecule has 1 aromatic carbocycles. The molecule has 1 heterocycles. The summed E-state index contributed by atoms with van der Waals surface area (Å²) in [7, 11) is 0. The summed E-state index contributed by atoms with van der Waals surface area (Å²) in [6.07, 6.45) is 4.38. The fraction of sp³-hybridized carbons (Fsp3) is 0.550. The van der Waals surface area contributed by atoms with E-state index in [1.54, 1.807) is 6.92 Å². The Balaban J connectivity index is 2.06. The van der Waals surface area contributed by atoms with Gasteiger partial charge in [-0.05, 0) is 37.5 Å². The molecule has 0 unspecified atom stereocenters. The van der Waals surface area contributed by atoms with Crippen molar-refractivity contribution in [1.82, 2.24) is 15.5 Å². The van der Waals surface area contributed by atoms with E-state index in [2.05, 4.69) is 17.6 Å². The van der Waals surface area contributed by atoms with Crippen molar-refractivity contribution in [2.45, 2.75) is 64.5 Å². The average molecular weight is 377 g/mol. The van der Waals surface area contributed by atoms with E-state index in [1.807, 2.05) is 6.92 Å². The van der Waals surface area contributed by atoms with Crippen LogP contribution in [0.2, 0.25) is 0 Å². The lowest BCUT2D eigenvalue weighted by molar-refractivity contribution is -0.135. The van der Waals surface area contributed by atoms with Gasteiger partial charge in [0.25, 0.3) is 5.91 Å². The molecule has 0 spiro atoms. The molecule has 1 saturated heterocycles. The number of rotatable bonds is 9. The van der Waals surface area contributed by atoms with E-state index in [1.165, 1.54) is 24.3 Å². The molecule has 0 radical (unpaired) electrons. The SMILES string of the molecule is CCCCC[C@@H](C)NC(=O)CN1C(=O)N[C@@](CC)(c2ccc(F)cc2)C1=O. The molecule has 1 aliphatic rings. The van der Waals surface area contributed by atoms with Crippen molar-refractivity contribution in [3.63, 3.8) is 0 Å². The van der Waals surface area contributed by atoms with E-state index in [-0.39, 0.29) is 18.5 Å². The standard InChI is InChI=1S/C20H28FN3O3/c1-4-6-7-8-14(3)22-17(25)13-24-18(26)20(5-2,23-19(24)27)15-9-11-16(21)12-10-15/h9-12,14H,4-8,13H2,1-3H3,(H,22,25)(H,23,27)/t14-,20+/m1/s1. The Hall–Kier alpha value is -2.44. The molecule has 6 nitrogen and oxygen atoms in total. The lowest BCUT2D eigenvalue weighted by Crippen LogP contribution is -2.45. The normalized spacial score (nSPS) is 20.5. The Morgan fingerprint density at radius 2 is 1.89 bits per heavy atom. The maximum absolute atomic E-state index is 13.2. The van der Waals surface area contributed by atoms with Crippen molar-refractivity contribution >= 4 is 17.8 Å². The van der Waals surface area contributed by atoms with Gasteiger partial charge in [0, 0.05) is 6.04 Å². The number of imide groups is 1. The van der Waals surface area contributed by atoms with E-state index in [4.69, 9.17) is 0 Å². The van der Waals surface area contributed by atoms with Crippen LogP contribution in [0.25, 0.3) is 0 Å². The Morgan fingerprint density at radius 3 is 2.48 bits per heavy atom. The highest BCUT2D eigenvalue weighted by Crippen LogP contribution is 2.32. The topological polar surface area (TPSA) is 78.5 Å². The lowest BCUT2D eigenvalue weighted by atomic mass is 9.87.